The lowest BCUT2D eigenvalue weighted by Crippen LogP contribution is -2.43. The smallest absolute Gasteiger partial charge is 0.278 e. The number of aliphatic hydroxyl groups is 2. The number of hydrogen-bond acceptors (Lipinski definition) is 5. The SMILES string of the molecule is O=C1C(=Nc2ccc(Cl)cc2)c2ccccc2N1CN(CCO)CCO. The van der Waals surface area contributed by atoms with E-state index in [1.807, 2.05) is 29.2 Å². The van der Waals surface area contributed by atoms with Gasteiger partial charge < -0.3 is 10.2 Å². The summed E-state index contributed by atoms with van der Waals surface area (Å²) in [5, 5.41) is 19.0. The average Bonchev–Trinajstić information content (AvgIpc) is 2.90. The number of benzene rings is 2. The van der Waals surface area contributed by atoms with Crippen LogP contribution in [-0.2, 0) is 4.79 Å². The van der Waals surface area contributed by atoms with Crippen molar-refractivity contribution in [1.29, 1.82) is 0 Å². The van der Waals surface area contributed by atoms with E-state index in [1.165, 1.54) is 0 Å². The van der Waals surface area contributed by atoms with Crippen molar-refractivity contribution in [2.45, 2.75) is 0 Å². The van der Waals surface area contributed by atoms with Crippen LogP contribution >= 0.6 is 11.6 Å². The van der Waals surface area contributed by atoms with Gasteiger partial charge in [0.2, 0.25) is 0 Å². The first kappa shape index (κ1) is 18.5. The predicted octanol–water partition coefficient (Wildman–Crippen LogP) is 2.05. The molecule has 0 spiro atoms. The molecule has 0 radical (unpaired) electrons. The molecule has 1 aliphatic heterocycles. The molecule has 2 aromatic carbocycles. The molecule has 1 aliphatic rings. The molecule has 0 aromatic heterocycles. The van der Waals surface area contributed by atoms with Crippen LogP contribution in [-0.4, -0.2) is 59.7 Å². The molecule has 0 atom stereocenters. The summed E-state index contributed by atoms with van der Waals surface area (Å²) in [4.78, 5) is 21.0. The van der Waals surface area contributed by atoms with E-state index in [0.29, 0.717) is 29.5 Å². The third kappa shape index (κ3) is 3.94. The van der Waals surface area contributed by atoms with Gasteiger partial charge >= 0.3 is 0 Å². The fourth-order valence-electron chi connectivity index (χ4n) is 2.89. The Hall–Kier alpha value is -2.25. The van der Waals surface area contributed by atoms with Crippen molar-refractivity contribution in [1.82, 2.24) is 4.90 Å². The number of anilines is 1. The molecule has 1 amide bonds. The summed E-state index contributed by atoms with van der Waals surface area (Å²) in [5.41, 5.74) is 2.55. The van der Waals surface area contributed by atoms with Crippen molar-refractivity contribution >= 4 is 34.6 Å². The highest BCUT2D eigenvalue weighted by atomic mass is 35.5. The second-order valence-electron chi connectivity index (χ2n) is 5.89. The standard InChI is InChI=1S/C19H20ClN3O3/c20-14-5-7-15(8-6-14)21-18-16-3-1-2-4-17(16)23(19(18)26)13-22(9-11-24)10-12-25/h1-8,24-25H,9-13H2. The molecule has 0 fully saturated rings. The molecule has 0 aliphatic carbocycles. The van der Waals surface area contributed by atoms with E-state index in [2.05, 4.69) is 4.99 Å². The Morgan fingerprint density at radius 1 is 1.00 bits per heavy atom. The summed E-state index contributed by atoms with van der Waals surface area (Å²) in [6.45, 7) is 0.924. The molecule has 6 nitrogen and oxygen atoms in total. The number of carbonyl (C=O) groups is 1. The minimum absolute atomic E-state index is 0.0462. The number of hydrogen-bond donors (Lipinski definition) is 2. The molecule has 3 rings (SSSR count). The quantitative estimate of drug-likeness (QED) is 0.778. The van der Waals surface area contributed by atoms with Crippen LogP contribution in [0.5, 0.6) is 0 Å². The molecule has 7 heteroatoms. The van der Waals surface area contributed by atoms with Gasteiger partial charge in [-0.3, -0.25) is 14.6 Å². The number of para-hydroxylation sites is 1. The van der Waals surface area contributed by atoms with Crippen LogP contribution in [0.25, 0.3) is 0 Å². The maximum atomic E-state index is 13.0. The van der Waals surface area contributed by atoms with Gasteiger partial charge in [-0.25, -0.2) is 4.99 Å². The molecule has 2 N–H and O–H groups in total. The molecule has 0 unspecified atom stereocenters. The second kappa shape index (κ2) is 8.42. The lowest BCUT2D eigenvalue weighted by atomic mass is 10.1. The van der Waals surface area contributed by atoms with Crippen LogP contribution in [0.2, 0.25) is 5.02 Å². The number of carbonyl (C=O) groups excluding carboxylic acids is 1. The summed E-state index contributed by atoms with van der Waals surface area (Å²) in [6.07, 6.45) is 0. The summed E-state index contributed by atoms with van der Waals surface area (Å²) in [6, 6.07) is 14.5. The summed E-state index contributed by atoms with van der Waals surface area (Å²) in [5.74, 6) is -0.206. The van der Waals surface area contributed by atoms with E-state index in [-0.39, 0.29) is 25.8 Å². The number of fused-ring (bicyclic) bond motifs is 1. The second-order valence-corrected chi connectivity index (χ2v) is 6.33. The maximum absolute atomic E-state index is 13.0. The predicted molar refractivity (Wildman–Crippen MR) is 102 cm³/mol. The molecule has 26 heavy (non-hydrogen) atoms. The van der Waals surface area contributed by atoms with Gasteiger partial charge in [-0.2, -0.15) is 0 Å². The Kier molecular flexibility index (Phi) is 6.00. The van der Waals surface area contributed by atoms with Gasteiger partial charge in [0, 0.05) is 23.7 Å². The highest BCUT2D eigenvalue weighted by Crippen LogP contribution is 2.31. The maximum Gasteiger partial charge on any atom is 0.278 e. The normalized spacial score (nSPS) is 15.2. The number of amides is 1. The number of nitrogens with zero attached hydrogens (tertiary/aromatic N) is 3. The number of aliphatic hydroxyl groups excluding tert-OH is 2. The fraction of sp³-hybridized carbons (Fsp3) is 0.263. The average molecular weight is 374 g/mol. The van der Waals surface area contributed by atoms with Crippen LogP contribution in [0.1, 0.15) is 5.56 Å². The van der Waals surface area contributed by atoms with Crippen molar-refractivity contribution < 1.29 is 15.0 Å². The number of rotatable bonds is 7. The van der Waals surface area contributed by atoms with Crippen molar-refractivity contribution in [3.8, 4) is 0 Å². The van der Waals surface area contributed by atoms with Crippen LogP contribution < -0.4 is 4.90 Å². The van der Waals surface area contributed by atoms with Crippen LogP contribution in [0, 0.1) is 0 Å². The third-order valence-corrected chi connectivity index (χ3v) is 4.39. The highest BCUT2D eigenvalue weighted by Gasteiger charge is 2.34. The van der Waals surface area contributed by atoms with Crippen molar-refractivity contribution in [2.75, 3.05) is 37.9 Å². The first-order valence-electron chi connectivity index (χ1n) is 8.33. The zero-order valence-electron chi connectivity index (χ0n) is 14.2. The molecule has 2 aromatic rings. The van der Waals surface area contributed by atoms with Gasteiger partial charge in [0.1, 0.15) is 5.71 Å². The van der Waals surface area contributed by atoms with Crippen LogP contribution in [0.15, 0.2) is 53.5 Å². The molecule has 0 saturated heterocycles. The fourth-order valence-corrected chi connectivity index (χ4v) is 3.02. The summed E-state index contributed by atoms with van der Waals surface area (Å²) in [7, 11) is 0. The molecule has 0 bridgehead atoms. The molecular weight excluding hydrogens is 354 g/mol. The molecule has 0 saturated carbocycles. The third-order valence-electron chi connectivity index (χ3n) is 4.14. The first-order chi connectivity index (χ1) is 12.6. The minimum atomic E-state index is -0.206. The zero-order valence-corrected chi connectivity index (χ0v) is 14.9. The van der Waals surface area contributed by atoms with Gasteiger partial charge in [-0.1, -0.05) is 29.8 Å². The first-order valence-corrected chi connectivity index (χ1v) is 8.71. The highest BCUT2D eigenvalue weighted by molar-refractivity contribution is 6.54. The van der Waals surface area contributed by atoms with Gasteiger partial charge in [0.05, 0.1) is 31.3 Å². The Balaban J connectivity index is 1.94. The van der Waals surface area contributed by atoms with Crippen molar-refractivity contribution in [3.05, 3.63) is 59.1 Å². The van der Waals surface area contributed by atoms with E-state index < -0.39 is 0 Å². The van der Waals surface area contributed by atoms with E-state index in [1.54, 1.807) is 29.2 Å². The van der Waals surface area contributed by atoms with E-state index in [4.69, 9.17) is 11.6 Å². The lowest BCUT2D eigenvalue weighted by Gasteiger charge is -2.26. The number of halogens is 1. The Morgan fingerprint density at radius 3 is 2.31 bits per heavy atom. The topological polar surface area (TPSA) is 76.4 Å². The van der Waals surface area contributed by atoms with Gasteiger partial charge in [0.25, 0.3) is 5.91 Å². The molecular formula is C19H20ClN3O3. The van der Waals surface area contributed by atoms with Gasteiger partial charge in [-0.15, -0.1) is 0 Å². The van der Waals surface area contributed by atoms with Crippen molar-refractivity contribution in [2.24, 2.45) is 4.99 Å². The Bertz CT molecular complexity index is 802. The molecule has 136 valence electrons. The Morgan fingerprint density at radius 2 is 1.65 bits per heavy atom. The summed E-state index contributed by atoms with van der Waals surface area (Å²) < 4.78 is 0. The molecule has 1 heterocycles. The van der Waals surface area contributed by atoms with Crippen LogP contribution in [0.3, 0.4) is 0 Å². The number of aliphatic imine (C=N–C) groups is 1. The van der Waals surface area contributed by atoms with Crippen LogP contribution in [0.4, 0.5) is 11.4 Å². The minimum Gasteiger partial charge on any atom is -0.395 e. The van der Waals surface area contributed by atoms with Gasteiger partial charge in [-0.05, 0) is 30.3 Å². The lowest BCUT2D eigenvalue weighted by molar-refractivity contribution is -0.112. The van der Waals surface area contributed by atoms with E-state index in [9.17, 15) is 15.0 Å². The zero-order chi connectivity index (χ0) is 18.5. The largest absolute Gasteiger partial charge is 0.395 e. The van der Waals surface area contributed by atoms with E-state index in [0.717, 1.165) is 11.3 Å². The van der Waals surface area contributed by atoms with E-state index >= 15 is 0 Å². The Labute approximate surface area is 157 Å². The van der Waals surface area contributed by atoms with Crippen molar-refractivity contribution in [3.63, 3.8) is 0 Å². The summed E-state index contributed by atoms with van der Waals surface area (Å²) >= 11 is 5.91. The monoisotopic (exact) mass is 373 g/mol. The van der Waals surface area contributed by atoms with Gasteiger partial charge in [0.15, 0.2) is 0 Å².